The minimum absolute atomic E-state index is 0.00741. The maximum absolute atomic E-state index is 12.2. The number of nitrogens with two attached hydrogens (primary N) is 2. The molecule has 5 aromatic rings. The molecular weight excluding hydrogens is 574 g/mol. The monoisotopic (exact) mass is 599 g/mol. The van der Waals surface area contributed by atoms with E-state index in [2.05, 4.69) is 40.2 Å². The zero-order valence-electron chi connectivity index (χ0n) is 21.9. The molecule has 0 unspecified atom stereocenters. The van der Waals surface area contributed by atoms with Crippen molar-refractivity contribution in [1.29, 1.82) is 0 Å². The number of aromatic nitrogens is 11. The number of nitrogens with one attached hydrogen (secondary N) is 2. The van der Waals surface area contributed by atoms with E-state index in [1.165, 1.54) is 32.7 Å². The number of ether oxygens (including phenoxy) is 2. The van der Waals surface area contributed by atoms with Gasteiger partial charge in [-0.2, -0.15) is 9.97 Å². The molecule has 10 N–H and O–H groups in total. The number of nitrogens with zero attached hydrogens (tertiary/aromatic N) is 9. The first kappa shape index (κ1) is 27.1. The number of hydrogen-bond donors (Lipinski definition) is 8. The fraction of sp³-hybridized carbons (Fsp3) is 0.455. The van der Waals surface area contributed by atoms with E-state index < -0.39 is 66.7 Å². The molecular formula is C22H25N13O8. The Morgan fingerprint density at radius 3 is 1.98 bits per heavy atom. The van der Waals surface area contributed by atoms with Crippen LogP contribution in [0.15, 0.2) is 28.4 Å². The second-order valence-corrected chi connectivity index (χ2v) is 10.2. The molecule has 5 aromatic heterocycles. The lowest BCUT2D eigenvalue weighted by atomic mass is 10.1. The predicted molar refractivity (Wildman–Crippen MR) is 141 cm³/mol. The first-order valence-corrected chi connectivity index (χ1v) is 13.0. The van der Waals surface area contributed by atoms with Crippen molar-refractivity contribution in [2.24, 2.45) is 0 Å². The fourth-order valence-electron chi connectivity index (χ4n) is 5.58. The second kappa shape index (κ2) is 9.89. The van der Waals surface area contributed by atoms with Crippen molar-refractivity contribution in [2.45, 2.75) is 55.4 Å². The number of aliphatic hydroxyl groups excluding tert-OH is 4. The number of anilines is 2. The average Bonchev–Trinajstić information content (AvgIpc) is 3.78. The van der Waals surface area contributed by atoms with Gasteiger partial charge in [-0.1, -0.05) is 5.21 Å². The minimum Gasteiger partial charge on any atom is -0.394 e. The van der Waals surface area contributed by atoms with Crippen molar-refractivity contribution in [3.8, 4) is 0 Å². The van der Waals surface area contributed by atoms with Crippen LogP contribution in [0.3, 0.4) is 0 Å². The van der Waals surface area contributed by atoms with Crippen LogP contribution in [0, 0.1) is 0 Å². The third-order valence-electron chi connectivity index (χ3n) is 7.58. The SMILES string of the molecule is Nc1nc2c(ncn2[C@@H]2O[C@H](Cc3cn([C@H]4[C@@H](O)[C@H](n5cnc6c(=O)[nH]c(N)nc65)O[C@@H]4CO)nn3)[C@@H](O)[C@H]2O)c(=O)[nH]1. The summed E-state index contributed by atoms with van der Waals surface area (Å²) in [7, 11) is 0. The Morgan fingerprint density at radius 2 is 1.40 bits per heavy atom. The smallest absolute Gasteiger partial charge is 0.280 e. The van der Waals surface area contributed by atoms with Crippen LogP contribution in [-0.2, 0) is 15.9 Å². The van der Waals surface area contributed by atoms with Crippen LogP contribution in [0.5, 0.6) is 0 Å². The molecule has 0 spiro atoms. The minimum atomic E-state index is -1.41. The van der Waals surface area contributed by atoms with Gasteiger partial charge in [0.15, 0.2) is 34.8 Å². The molecule has 2 aliphatic rings. The topological polar surface area (TPSA) is 309 Å². The summed E-state index contributed by atoms with van der Waals surface area (Å²) in [6.45, 7) is -0.491. The zero-order chi connectivity index (χ0) is 30.2. The van der Waals surface area contributed by atoms with Gasteiger partial charge in [0.1, 0.15) is 30.5 Å². The second-order valence-electron chi connectivity index (χ2n) is 10.2. The quantitative estimate of drug-likeness (QED) is 0.0914. The molecule has 0 aliphatic carbocycles. The highest BCUT2D eigenvalue weighted by Crippen LogP contribution is 2.38. The number of aliphatic hydroxyl groups is 4. The average molecular weight is 600 g/mol. The standard InChI is InChI=1S/C22H25N13O8/c23-21-27-15-9(17(40)29-21)25-4-33(15)19-13(38)11(8(3-36)43-19)35-2-6(31-32-35)1-7-12(37)14(39)20(42-7)34-5-26-10-16(34)28-22(24)30-18(10)41/h2,4-5,7-8,11-14,19-20,36-39H,1,3H2,(H3,23,27,29,40)(H3,24,28,30,41)/t7-,8-,11-,12-,13-,14-,19-,20-/m1/s1. The summed E-state index contributed by atoms with van der Waals surface area (Å²) in [5.74, 6) is -0.306. The largest absolute Gasteiger partial charge is 0.394 e. The number of aromatic amines is 2. The Morgan fingerprint density at radius 1 is 0.837 bits per heavy atom. The summed E-state index contributed by atoms with van der Waals surface area (Å²) >= 11 is 0. The van der Waals surface area contributed by atoms with Crippen LogP contribution in [-0.4, -0.2) is 112 Å². The van der Waals surface area contributed by atoms with E-state index in [1.54, 1.807) is 0 Å². The first-order valence-electron chi connectivity index (χ1n) is 13.0. The van der Waals surface area contributed by atoms with E-state index in [9.17, 15) is 30.0 Å². The summed E-state index contributed by atoms with van der Waals surface area (Å²) in [5.41, 5.74) is 10.6. The molecule has 0 aromatic carbocycles. The van der Waals surface area contributed by atoms with Crippen LogP contribution in [0.25, 0.3) is 22.3 Å². The molecule has 7 rings (SSSR count). The van der Waals surface area contributed by atoms with Gasteiger partial charge >= 0.3 is 0 Å². The molecule has 0 radical (unpaired) electrons. The lowest BCUT2D eigenvalue weighted by Gasteiger charge is -2.19. The van der Waals surface area contributed by atoms with Gasteiger partial charge < -0.3 is 41.4 Å². The maximum atomic E-state index is 12.2. The molecule has 2 saturated heterocycles. The highest BCUT2D eigenvalue weighted by atomic mass is 16.6. The molecule has 0 amide bonds. The summed E-state index contributed by atoms with van der Waals surface area (Å²) in [6.07, 6.45) is -4.22. The number of fused-ring (bicyclic) bond motifs is 2. The van der Waals surface area contributed by atoms with Crippen LogP contribution in [0.1, 0.15) is 24.2 Å². The molecule has 21 heteroatoms. The molecule has 7 heterocycles. The van der Waals surface area contributed by atoms with Crippen molar-refractivity contribution in [2.75, 3.05) is 18.1 Å². The van der Waals surface area contributed by atoms with E-state index in [1.807, 2.05) is 0 Å². The lowest BCUT2D eigenvalue weighted by Crippen LogP contribution is -2.32. The Balaban J connectivity index is 1.12. The molecule has 2 aliphatic heterocycles. The van der Waals surface area contributed by atoms with Gasteiger partial charge in [0, 0.05) is 12.6 Å². The van der Waals surface area contributed by atoms with E-state index in [4.69, 9.17) is 20.9 Å². The van der Waals surface area contributed by atoms with Crippen molar-refractivity contribution < 1.29 is 29.9 Å². The van der Waals surface area contributed by atoms with Gasteiger partial charge in [0.2, 0.25) is 11.9 Å². The predicted octanol–water partition coefficient (Wildman–Crippen LogP) is -4.34. The van der Waals surface area contributed by atoms with E-state index in [-0.39, 0.29) is 40.6 Å². The highest BCUT2D eigenvalue weighted by molar-refractivity contribution is 5.71. The van der Waals surface area contributed by atoms with E-state index in [0.717, 1.165) is 0 Å². The van der Waals surface area contributed by atoms with Crippen LogP contribution >= 0.6 is 0 Å². The van der Waals surface area contributed by atoms with Gasteiger partial charge in [0.25, 0.3) is 11.1 Å². The Kier molecular flexibility index (Phi) is 6.22. The first-order chi connectivity index (χ1) is 20.6. The highest BCUT2D eigenvalue weighted by Gasteiger charge is 2.48. The van der Waals surface area contributed by atoms with Crippen molar-refractivity contribution in [3.05, 3.63) is 45.3 Å². The molecule has 0 bridgehead atoms. The van der Waals surface area contributed by atoms with Gasteiger partial charge in [-0.3, -0.25) is 28.7 Å². The number of H-pyrrole nitrogens is 2. The number of hydrogen-bond acceptors (Lipinski definition) is 16. The molecule has 0 saturated carbocycles. The maximum Gasteiger partial charge on any atom is 0.280 e. The van der Waals surface area contributed by atoms with Gasteiger partial charge in [-0.05, 0) is 0 Å². The van der Waals surface area contributed by atoms with Gasteiger partial charge in [0.05, 0.1) is 31.1 Å². The molecule has 8 atom stereocenters. The normalized spacial score (nSPS) is 29.3. The summed E-state index contributed by atoms with van der Waals surface area (Å²) in [5, 5.41) is 51.0. The third-order valence-corrected chi connectivity index (χ3v) is 7.58. The van der Waals surface area contributed by atoms with Gasteiger partial charge in [-0.15, -0.1) is 5.10 Å². The Hall–Kier alpha value is -4.80. The van der Waals surface area contributed by atoms with Crippen LogP contribution < -0.4 is 22.6 Å². The van der Waals surface area contributed by atoms with E-state index >= 15 is 0 Å². The summed E-state index contributed by atoms with van der Waals surface area (Å²) in [6, 6.07) is -0.923. The van der Waals surface area contributed by atoms with Crippen molar-refractivity contribution in [1.82, 2.24) is 54.0 Å². The molecule has 21 nitrogen and oxygen atoms in total. The van der Waals surface area contributed by atoms with Crippen molar-refractivity contribution >= 4 is 34.2 Å². The fourth-order valence-corrected chi connectivity index (χ4v) is 5.58. The zero-order valence-corrected chi connectivity index (χ0v) is 21.9. The summed E-state index contributed by atoms with van der Waals surface area (Å²) < 4.78 is 15.8. The van der Waals surface area contributed by atoms with Gasteiger partial charge in [-0.25, -0.2) is 14.6 Å². The van der Waals surface area contributed by atoms with Crippen LogP contribution in [0.4, 0.5) is 11.9 Å². The molecule has 2 fully saturated rings. The number of imidazole rings is 2. The number of nitrogen functional groups attached to an aromatic ring is 2. The molecule has 43 heavy (non-hydrogen) atoms. The Labute approximate surface area is 237 Å². The van der Waals surface area contributed by atoms with E-state index in [0.29, 0.717) is 5.69 Å². The number of rotatable bonds is 6. The van der Waals surface area contributed by atoms with Crippen molar-refractivity contribution in [3.63, 3.8) is 0 Å². The third kappa shape index (κ3) is 4.25. The van der Waals surface area contributed by atoms with Crippen LogP contribution in [0.2, 0.25) is 0 Å². The Bertz CT molecular complexity index is 1950. The summed E-state index contributed by atoms with van der Waals surface area (Å²) in [4.78, 5) is 45.2. The lowest BCUT2D eigenvalue weighted by molar-refractivity contribution is -0.0492. The molecule has 226 valence electrons.